The molecule has 2 N–H and O–H groups in total. The van der Waals surface area contributed by atoms with Crippen molar-refractivity contribution in [1.82, 2.24) is 0 Å². The summed E-state index contributed by atoms with van der Waals surface area (Å²) in [5, 5.41) is 18.5. The fourth-order valence-corrected chi connectivity index (χ4v) is 3.66. The molecule has 0 spiro atoms. The summed E-state index contributed by atoms with van der Waals surface area (Å²) >= 11 is 0. The van der Waals surface area contributed by atoms with Crippen LogP contribution in [0.1, 0.15) is 44.6 Å². The molecular formula is C15H24O4S. The van der Waals surface area contributed by atoms with E-state index in [1.54, 1.807) is 18.2 Å². The van der Waals surface area contributed by atoms with Gasteiger partial charge in [-0.3, -0.25) is 0 Å². The highest BCUT2D eigenvalue weighted by molar-refractivity contribution is 7.91. The van der Waals surface area contributed by atoms with Crippen molar-refractivity contribution in [1.29, 1.82) is 0 Å². The van der Waals surface area contributed by atoms with Gasteiger partial charge in [0.05, 0.1) is 23.4 Å². The Morgan fingerprint density at radius 2 is 1.95 bits per heavy atom. The van der Waals surface area contributed by atoms with Gasteiger partial charge < -0.3 is 10.2 Å². The van der Waals surface area contributed by atoms with Gasteiger partial charge in [0.25, 0.3) is 0 Å². The topological polar surface area (TPSA) is 74.6 Å². The predicted octanol–water partition coefficient (Wildman–Crippen LogP) is 2.11. The summed E-state index contributed by atoms with van der Waals surface area (Å²) in [6.45, 7) is 3.56. The lowest BCUT2D eigenvalue weighted by atomic mass is 9.91. The van der Waals surface area contributed by atoms with Crippen LogP contribution < -0.4 is 0 Å². The number of hydrogen-bond acceptors (Lipinski definition) is 4. The Morgan fingerprint density at radius 1 is 1.25 bits per heavy atom. The maximum Gasteiger partial charge on any atom is 0.178 e. The molecule has 114 valence electrons. The standard InChI is InChI=1S/C15H24O4S/c1-3-8-20(18,19)15-7-5-6-13(10-15)12(4-2)9-14(17)11-16/h5-7,10,12,14,16-17H,3-4,8-9,11H2,1-2H3. The Kier molecular flexibility index (Phi) is 6.65. The fraction of sp³-hybridized carbons (Fsp3) is 0.600. The molecule has 0 amide bonds. The average Bonchev–Trinajstić information content (AvgIpc) is 2.44. The van der Waals surface area contributed by atoms with E-state index in [1.807, 2.05) is 19.9 Å². The second-order valence-corrected chi connectivity index (χ2v) is 7.18. The molecule has 0 aliphatic heterocycles. The third-order valence-electron chi connectivity index (χ3n) is 3.42. The van der Waals surface area contributed by atoms with Crippen LogP contribution in [0.4, 0.5) is 0 Å². The minimum absolute atomic E-state index is 0.0499. The molecule has 0 heterocycles. The largest absolute Gasteiger partial charge is 0.394 e. The maximum absolute atomic E-state index is 12.1. The van der Waals surface area contributed by atoms with Gasteiger partial charge in [0.15, 0.2) is 9.84 Å². The third kappa shape index (κ3) is 4.58. The SMILES string of the molecule is CCCS(=O)(=O)c1cccc(C(CC)CC(O)CO)c1. The zero-order valence-electron chi connectivity index (χ0n) is 12.1. The first-order chi connectivity index (χ1) is 9.44. The van der Waals surface area contributed by atoms with Crippen LogP contribution in [0.2, 0.25) is 0 Å². The summed E-state index contributed by atoms with van der Waals surface area (Å²) in [6.07, 6.45) is 1.04. The highest BCUT2D eigenvalue weighted by atomic mass is 32.2. The number of aliphatic hydroxyl groups is 2. The van der Waals surface area contributed by atoms with Gasteiger partial charge in [-0.2, -0.15) is 0 Å². The van der Waals surface area contributed by atoms with E-state index in [1.165, 1.54) is 0 Å². The van der Waals surface area contributed by atoms with Gasteiger partial charge in [0.1, 0.15) is 0 Å². The van der Waals surface area contributed by atoms with Crippen LogP contribution in [0.3, 0.4) is 0 Å². The van der Waals surface area contributed by atoms with E-state index in [-0.39, 0.29) is 18.3 Å². The Hall–Kier alpha value is -0.910. The van der Waals surface area contributed by atoms with Gasteiger partial charge in [0.2, 0.25) is 0 Å². The predicted molar refractivity (Wildman–Crippen MR) is 79.5 cm³/mol. The minimum atomic E-state index is -3.22. The van der Waals surface area contributed by atoms with E-state index in [2.05, 4.69) is 0 Å². The summed E-state index contributed by atoms with van der Waals surface area (Å²) in [6, 6.07) is 6.93. The summed E-state index contributed by atoms with van der Waals surface area (Å²) in [5.74, 6) is 0.195. The van der Waals surface area contributed by atoms with E-state index < -0.39 is 15.9 Å². The van der Waals surface area contributed by atoms with Crippen LogP contribution in [-0.2, 0) is 9.84 Å². The second-order valence-electron chi connectivity index (χ2n) is 5.07. The molecule has 0 aromatic heterocycles. The molecular weight excluding hydrogens is 276 g/mol. The van der Waals surface area contributed by atoms with E-state index >= 15 is 0 Å². The molecule has 1 aromatic rings. The van der Waals surface area contributed by atoms with Gasteiger partial charge in [-0.05, 0) is 42.9 Å². The Balaban J connectivity index is 3.02. The first kappa shape index (κ1) is 17.1. The van der Waals surface area contributed by atoms with Gasteiger partial charge in [-0.25, -0.2) is 8.42 Å². The van der Waals surface area contributed by atoms with E-state index in [9.17, 15) is 13.5 Å². The molecule has 1 aromatic carbocycles. The Morgan fingerprint density at radius 3 is 2.50 bits per heavy atom. The molecule has 4 nitrogen and oxygen atoms in total. The maximum atomic E-state index is 12.1. The zero-order valence-corrected chi connectivity index (χ0v) is 12.9. The minimum Gasteiger partial charge on any atom is -0.394 e. The molecule has 1 rings (SSSR count). The van der Waals surface area contributed by atoms with E-state index in [4.69, 9.17) is 5.11 Å². The molecule has 20 heavy (non-hydrogen) atoms. The van der Waals surface area contributed by atoms with Gasteiger partial charge in [-0.15, -0.1) is 0 Å². The Bertz CT molecular complexity index is 510. The van der Waals surface area contributed by atoms with Crippen molar-refractivity contribution >= 4 is 9.84 Å². The van der Waals surface area contributed by atoms with Crippen molar-refractivity contribution in [3.05, 3.63) is 29.8 Å². The van der Waals surface area contributed by atoms with Crippen LogP contribution in [0.15, 0.2) is 29.2 Å². The number of aliphatic hydroxyl groups excluding tert-OH is 2. The van der Waals surface area contributed by atoms with Gasteiger partial charge in [0, 0.05) is 0 Å². The van der Waals surface area contributed by atoms with E-state index in [0.717, 1.165) is 12.0 Å². The lowest BCUT2D eigenvalue weighted by molar-refractivity contribution is 0.0817. The van der Waals surface area contributed by atoms with Gasteiger partial charge >= 0.3 is 0 Å². The van der Waals surface area contributed by atoms with E-state index in [0.29, 0.717) is 17.7 Å². The lowest BCUT2D eigenvalue weighted by Crippen LogP contribution is -2.16. The van der Waals surface area contributed by atoms with Crippen molar-refractivity contribution in [3.8, 4) is 0 Å². The highest BCUT2D eigenvalue weighted by Gasteiger charge is 2.18. The highest BCUT2D eigenvalue weighted by Crippen LogP contribution is 2.27. The normalized spacial score (nSPS) is 15.0. The molecule has 0 bridgehead atoms. The third-order valence-corrected chi connectivity index (χ3v) is 5.34. The quantitative estimate of drug-likeness (QED) is 0.771. The molecule has 2 unspecified atom stereocenters. The lowest BCUT2D eigenvalue weighted by Gasteiger charge is -2.19. The van der Waals surface area contributed by atoms with Crippen molar-refractivity contribution in [2.75, 3.05) is 12.4 Å². The summed E-state index contributed by atoms with van der Waals surface area (Å²) < 4.78 is 24.2. The first-order valence-electron chi connectivity index (χ1n) is 7.06. The molecule has 0 aliphatic carbocycles. The fourth-order valence-electron chi connectivity index (χ4n) is 2.29. The van der Waals surface area contributed by atoms with Crippen LogP contribution in [0.25, 0.3) is 0 Å². The monoisotopic (exact) mass is 300 g/mol. The molecule has 0 aliphatic rings. The summed E-state index contributed by atoms with van der Waals surface area (Å²) in [7, 11) is -3.22. The Labute approximate surface area is 121 Å². The van der Waals surface area contributed by atoms with Crippen LogP contribution in [0.5, 0.6) is 0 Å². The van der Waals surface area contributed by atoms with Crippen LogP contribution >= 0.6 is 0 Å². The molecule has 0 radical (unpaired) electrons. The zero-order chi connectivity index (χ0) is 15.2. The number of rotatable bonds is 8. The second kappa shape index (κ2) is 7.76. The average molecular weight is 300 g/mol. The van der Waals surface area contributed by atoms with Crippen molar-refractivity contribution < 1.29 is 18.6 Å². The first-order valence-corrected chi connectivity index (χ1v) is 8.71. The molecule has 2 atom stereocenters. The molecule has 0 saturated carbocycles. The number of hydrogen-bond donors (Lipinski definition) is 2. The van der Waals surface area contributed by atoms with Crippen LogP contribution in [-0.4, -0.2) is 37.1 Å². The smallest absolute Gasteiger partial charge is 0.178 e. The van der Waals surface area contributed by atoms with Crippen LogP contribution in [0, 0.1) is 0 Å². The summed E-state index contributed by atoms with van der Waals surface area (Å²) in [4.78, 5) is 0.341. The molecule has 0 saturated heterocycles. The van der Waals surface area contributed by atoms with Crippen molar-refractivity contribution in [3.63, 3.8) is 0 Å². The van der Waals surface area contributed by atoms with Crippen molar-refractivity contribution in [2.45, 2.75) is 50.0 Å². The molecule has 0 fully saturated rings. The van der Waals surface area contributed by atoms with Gasteiger partial charge in [-0.1, -0.05) is 26.0 Å². The molecule has 5 heteroatoms. The number of sulfone groups is 1. The van der Waals surface area contributed by atoms with Crippen molar-refractivity contribution in [2.24, 2.45) is 0 Å². The number of benzene rings is 1. The summed E-state index contributed by atoms with van der Waals surface area (Å²) in [5.41, 5.74) is 0.900.